The maximum atomic E-state index is 13.2. The van der Waals surface area contributed by atoms with Gasteiger partial charge in [-0.1, -0.05) is 48.2 Å². The molecule has 0 N–H and O–H groups in total. The minimum Gasteiger partial charge on any atom is -0.463 e. The zero-order chi connectivity index (χ0) is 23.2. The van der Waals surface area contributed by atoms with E-state index >= 15 is 0 Å². The predicted octanol–water partition coefficient (Wildman–Crippen LogP) is 6.24. The number of hydrogen-bond acceptors (Lipinski definition) is 7. The SMILES string of the molecule is O=C(CCSc1nnc(-c2ccco2)c(-c2ccco2)n1)N(c1ccccc1)c1ccccc1. The van der Waals surface area contributed by atoms with Crippen LogP contribution in [0.5, 0.6) is 0 Å². The zero-order valence-electron chi connectivity index (χ0n) is 18.1. The quantitative estimate of drug-likeness (QED) is 0.249. The first-order valence-corrected chi connectivity index (χ1v) is 11.7. The molecule has 0 fully saturated rings. The molecule has 0 aliphatic carbocycles. The summed E-state index contributed by atoms with van der Waals surface area (Å²) in [6, 6.07) is 26.4. The lowest BCUT2D eigenvalue weighted by Gasteiger charge is -2.23. The maximum Gasteiger partial charge on any atom is 0.232 e. The van der Waals surface area contributed by atoms with E-state index in [2.05, 4.69) is 15.2 Å². The van der Waals surface area contributed by atoms with Crippen LogP contribution >= 0.6 is 11.8 Å². The fraction of sp³-hybridized carbons (Fsp3) is 0.0769. The molecule has 7 nitrogen and oxygen atoms in total. The molecule has 8 heteroatoms. The van der Waals surface area contributed by atoms with Crippen molar-refractivity contribution in [2.45, 2.75) is 11.6 Å². The Labute approximate surface area is 200 Å². The van der Waals surface area contributed by atoms with Crippen LogP contribution < -0.4 is 4.90 Å². The number of nitrogens with zero attached hydrogens (tertiary/aromatic N) is 4. The van der Waals surface area contributed by atoms with Gasteiger partial charge < -0.3 is 8.83 Å². The number of carbonyl (C=O) groups is 1. The van der Waals surface area contributed by atoms with Gasteiger partial charge in [0.25, 0.3) is 0 Å². The summed E-state index contributed by atoms with van der Waals surface area (Å²) in [7, 11) is 0. The van der Waals surface area contributed by atoms with Crippen molar-refractivity contribution < 1.29 is 13.6 Å². The second-order valence-corrected chi connectivity index (χ2v) is 8.31. The fourth-order valence-corrected chi connectivity index (χ4v) is 4.18. The van der Waals surface area contributed by atoms with E-state index in [1.165, 1.54) is 11.8 Å². The number of rotatable bonds is 8. The summed E-state index contributed by atoms with van der Waals surface area (Å²) >= 11 is 1.37. The van der Waals surface area contributed by atoms with Crippen molar-refractivity contribution in [2.24, 2.45) is 0 Å². The highest BCUT2D eigenvalue weighted by molar-refractivity contribution is 7.99. The average molecular weight is 469 g/mol. The van der Waals surface area contributed by atoms with Crippen LogP contribution in [-0.4, -0.2) is 26.8 Å². The monoisotopic (exact) mass is 468 g/mol. The van der Waals surface area contributed by atoms with Crippen LogP contribution in [-0.2, 0) is 4.79 Å². The number of thioether (sulfide) groups is 1. The normalized spacial score (nSPS) is 10.8. The molecule has 0 radical (unpaired) electrons. The molecule has 168 valence electrons. The Kier molecular flexibility index (Phi) is 6.49. The van der Waals surface area contributed by atoms with Gasteiger partial charge in [0.05, 0.1) is 12.5 Å². The molecule has 3 aromatic heterocycles. The molecular formula is C26H20N4O3S. The highest BCUT2D eigenvalue weighted by Crippen LogP contribution is 2.31. The number of anilines is 2. The van der Waals surface area contributed by atoms with Gasteiger partial charge in [-0.05, 0) is 48.5 Å². The molecule has 0 saturated carbocycles. The molecule has 1 amide bonds. The Bertz CT molecular complexity index is 1300. The molecule has 0 spiro atoms. The Morgan fingerprint density at radius 2 is 1.32 bits per heavy atom. The first kappa shape index (κ1) is 21.7. The van der Waals surface area contributed by atoms with E-state index in [4.69, 9.17) is 8.83 Å². The number of furan rings is 2. The van der Waals surface area contributed by atoms with Gasteiger partial charge in [-0.15, -0.1) is 10.2 Å². The third-order valence-electron chi connectivity index (χ3n) is 5.00. The Morgan fingerprint density at radius 1 is 0.735 bits per heavy atom. The highest BCUT2D eigenvalue weighted by Gasteiger charge is 2.20. The van der Waals surface area contributed by atoms with Crippen LogP contribution in [0.2, 0.25) is 0 Å². The van der Waals surface area contributed by atoms with Crippen molar-refractivity contribution in [1.82, 2.24) is 15.2 Å². The summed E-state index contributed by atoms with van der Waals surface area (Å²) in [5.41, 5.74) is 2.69. The van der Waals surface area contributed by atoms with Crippen LogP contribution in [0.15, 0.2) is 111 Å². The lowest BCUT2D eigenvalue weighted by atomic mass is 10.2. The molecule has 5 rings (SSSR count). The van der Waals surface area contributed by atoms with Gasteiger partial charge in [-0.25, -0.2) is 4.98 Å². The molecule has 0 aliphatic heterocycles. The van der Waals surface area contributed by atoms with Gasteiger partial charge in [0, 0.05) is 23.5 Å². The second-order valence-electron chi connectivity index (χ2n) is 7.24. The van der Waals surface area contributed by atoms with Gasteiger partial charge in [0.2, 0.25) is 11.1 Å². The summed E-state index contributed by atoms with van der Waals surface area (Å²) in [5.74, 6) is 1.60. The van der Waals surface area contributed by atoms with E-state index in [0.29, 0.717) is 40.2 Å². The molecule has 0 atom stereocenters. The van der Waals surface area contributed by atoms with Gasteiger partial charge in [0.15, 0.2) is 17.2 Å². The predicted molar refractivity (Wildman–Crippen MR) is 131 cm³/mol. The van der Waals surface area contributed by atoms with Crippen molar-refractivity contribution in [1.29, 1.82) is 0 Å². The number of amides is 1. The van der Waals surface area contributed by atoms with Crippen LogP contribution in [0.1, 0.15) is 6.42 Å². The smallest absolute Gasteiger partial charge is 0.232 e. The van der Waals surface area contributed by atoms with Crippen molar-refractivity contribution in [3.8, 4) is 22.9 Å². The molecular weight excluding hydrogens is 448 g/mol. The minimum absolute atomic E-state index is 0.0173. The number of carbonyl (C=O) groups excluding carboxylic acids is 1. The number of benzene rings is 2. The largest absolute Gasteiger partial charge is 0.463 e. The van der Waals surface area contributed by atoms with Crippen LogP contribution in [0.3, 0.4) is 0 Å². The molecule has 0 saturated heterocycles. The van der Waals surface area contributed by atoms with Crippen molar-refractivity contribution in [3.05, 3.63) is 97.5 Å². The number of aromatic nitrogens is 3. The van der Waals surface area contributed by atoms with E-state index in [1.807, 2.05) is 66.7 Å². The first-order chi connectivity index (χ1) is 16.8. The number of para-hydroxylation sites is 2. The van der Waals surface area contributed by atoms with Crippen LogP contribution in [0.25, 0.3) is 22.9 Å². The Morgan fingerprint density at radius 3 is 1.88 bits per heavy atom. The minimum atomic E-state index is -0.0173. The van der Waals surface area contributed by atoms with Gasteiger partial charge in [-0.2, -0.15) is 0 Å². The van der Waals surface area contributed by atoms with E-state index in [9.17, 15) is 4.79 Å². The van der Waals surface area contributed by atoms with E-state index < -0.39 is 0 Å². The third kappa shape index (κ3) is 4.77. The summed E-state index contributed by atoms with van der Waals surface area (Å²) < 4.78 is 11.0. The molecule has 5 aromatic rings. The topological polar surface area (TPSA) is 85.3 Å². The average Bonchev–Trinajstić information content (AvgIpc) is 3.60. The summed E-state index contributed by atoms with van der Waals surface area (Å²) in [6.07, 6.45) is 3.45. The third-order valence-corrected chi connectivity index (χ3v) is 5.84. The standard InChI is InChI=1S/C26H20N4O3S/c31-23(30(19-9-3-1-4-10-19)20-11-5-2-6-12-20)15-18-34-26-27-24(21-13-7-16-32-21)25(28-29-26)22-14-8-17-33-22/h1-14,16-17H,15,18H2. The number of hydrogen-bond donors (Lipinski definition) is 0. The summed E-state index contributed by atoms with van der Waals surface area (Å²) in [4.78, 5) is 19.6. The zero-order valence-corrected chi connectivity index (χ0v) is 18.9. The van der Waals surface area contributed by atoms with Crippen LogP contribution in [0, 0.1) is 0 Å². The molecule has 3 heterocycles. The van der Waals surface area contributed by atoms with Crippen LogP contribution in [0.4, 0.5) is 11.4 Å². The van der Waals surface area contributed by atoms with Gasteiger partial charge in [0.1, 0.15) is 5.69 Å². The lowest BCUT2D eigenvalue weighted by molar-refractivity contribution is -0.117. The Balaban J connectivity index is 1.33. The van der Waals surface area contributed by atoms with Crippen molar-refractivity contribution in [3.63, 3.8) is 0 Å². The summed E-state index contributed by atoms with van der Waals surface area (Å²) in [5, 5.41) is 9.02. The van der Waals surface area contributed by atoms with Gasteiger partial charge in [-0.3, -0.25) is 9.69 Å². The molecule has 34 heavy (non-hydrogen) atoms. The van der Waals surface area contributed by atoms with Gasteiger partial charge >= 0.3 is 0 Å². The summed E-state index contributed by atoms with van der Waals surface area (Å²) in [6.45, 7) is 0. The van der Waals surface area contributed by atoms with Crippen molar-refractivity contribution >= 4 is 29.0 Å². The van der Waals surface area contributed by atoms with E-state index in [0.717, 1.165) is 11.4 Å². The maximum absolute atomic E-state index is 13.2. The van der Waals surface area contributed by atoms with E-state index in [-0.39, 0.29) is 5.91 Å². The first-order valence-electron chi connectivity index (χ1n) is 10.7. The highest BCUT2D eigenvalue weighted by atomic mass is 32.2. The fourth-order valence-electron chi connectivity index (χ4n) is 3.47. The molecule has 2 aromatic carbocycles. The van der Waals surface area contributed by atoms with E-state index in [1.54, 1.807) is 35.6 Å². The second kappa shape index (κ2) is 10.2. The molecule has 0 bridgehead atoms. The Hall–Kier alpha value is -4.17. The molecule has 0 unspecified atom stereocenters. The van der Waals surface area contributed by atoms with Crippen molar-refractivity contribution in [2.75, 3.05) is 10.7 Å². The molecule has 0 aliphatic rings. The lowest BCUT2D eigenvalue weighted by Crippen LogP contribution is -2.26.